The summed E-state index contributed by atoms with van der Waals surface area (Å²) in [4.78, 5) is 11.2. The number of Topliss-reactive ketones (excluding diaryl/α,β-unsaturated/α-hetero) is 1. The fourth-order valence-corrected chi connectivity index (χ4v) is 0.897. The molecule has 1 aliphatic heterocycles. The van der Waals surface area contributed by atoms with E-state index in [0.717, 1.165) is 6.42 Å². The molecule has 0 aromatic rings. The topological polar surface area (TPSA) is 29.1 Å². The maximum atomic E-state index is 11.2. The van der Waals surface area contributed by atoms with Crippen molar-refractivity contribution in [3.05, 3.63) is 36.7 Å². The predicted molar refractivity (Wildman–Crippen MR) is 44.8 cm³/mol. The minimum Gasteiger partial charge on any atom is -0.359 e. The van der Waals surface area contributed by atoms with Crippen molar-refractivity contribution in [2.75, 3.05) is 0 Å². The van der Waals surface area contributed by atoms with Gasteiger partial charge in [-0.2, -0.15) is 0 Å². The molecule has 1 rings (SSSR count). The van der Waals surface area contributed by atoms with E-state index in [1.807, 2.05) is 12.2 Å². The molecule has 0 atom stereocenters. The van der Waals surface area contributed by atoms with Gasteiger partial charge < -0.3 is 5.32 Å². The third kappa shape index (κ3) is 2.08. The molecule has 0 radical (unpaired) electrons. The molecule has 0 unspecified atom stereocenters. The van der Waals surface area contributed by atoms with Gasteiger partial charge >= 0.3 is 0 Å². The van der Waals surface area contributed by atoms with Crippen molar-refractivity contribution in [1.29, 1.82) is 0 Å². The zero-order chi connectivity index (χ0) is 8.10. The molecule has 58 valence electrons. The quantitative estimate of drug-likeness (QED) is 0.616. The van der Waals surface area contributed by atoms with Gasteiger partial charge in [0.25, 0.3) is 0 Å². The van der Waals surface area contributed by atoms with Gasteiger partial charge in [-0.1, -0.05) is 18.2 Å². The fraction of sp³-hybridized carbons (Fsp3) is 0.222. The summed E-state index contributed by atoms with van der Waals surface area (Å²) in [6.45, 7) is 3.50. The molecule has 0 saturated carbocycles. The van der Waals surface area contributed by atoms with Crippen LogP contribution in [0.4, 0.5) is 0 Å². The molecule has 1 N–H and O–H groups in total. The normalized spacial score (nSPS) is 15.1. The maximum Gasteiger partial charge on any atom is 0.182 e. The van der Waals surface area contributed by atoms with Crippen LogP contribution in [0.3, 0.4) is 0 Å². The Morgan fingerprint density at radius 3 is 3.18 bits per heavy atom. The van der Waals surface area contributed by atoms with Gasteiger partial charge in [0, 0.05) is 6.42 Å². The largest absolute Gasteiger partial charge is 0.359 e. The van der Waals surface area contributed by atoms with Crippen LogP contribution in [0, 0.1) is 0 Å². The summed E-state index contributed by atoms with van der Waals surface area (Å²) < 4.78 is 0. The standard InChI is InChI=1S/C9H11NO/c1-2-5-9(11)8-6-3-4-7-10-8/h2,4,6-7,10H,1,3,5H2. The average molecular weight is 149 g/mol. The Morgan fingerprint density at radius 2 is 2.64 bits per heavy atom. The molecule has 0 spiro atoms. The van der Waals surface area contributed by atoms with Crippen LogP contribution in [0.25, 0.3) is 0 Å². The zero-order valence-electron chi connectivity index (χ0n) is 6.34. The van der Waals surface area contributed by atoms with E-state index in [4.69, 9.17) is 0 Å². The molecule has 1 aliphatic rings. The number of carbonyl (C=O) groups is 1. The van der Waals surface area contributed by atoms with Crippen molar-refractivity contribution in [2.24, 2.45) is 0 Å². The molecule has 0 aromatic heterocycles. The van der Waals surface area contributed by atoms with Crippen LogP contribution in [0.5, 0.6) is 0 Å². The summed E-state index contributed by atoms with van der Waals surface area (Å²) in [5, 5.41) is 2.89. The van der Waals surface area contributed by atoms with Crippen molar-refractivity contribution in [3.8, 4) is 0 Å². The van der Waals surface area contributed by atoms with Gasteiger partial charge in [-0.15, -0.1) is 6.58 Å². The molecular weight excluding hydrogens is 138 g/mol. The molecule has 2 nitrogen and oxygen atoms in total. The summed E-state index contributed by atoms with van der Waals surface area (Å²) in [7, 11) is 0. The highest BCUT2D eigenvalue weighted by Gasteiger charge is 2.06. The minimum atomic E-state index is 0.101. The lowest BCUT2D eigenvalue weighted by molar-refractivity contribution is -0.115. The smallest absolute Gasteiger partial charge is 0.182 e. The lowest BCUT2D eigenvalue weighted by Crippen LogP contribution is -2.16. The Balaban J connectivity index is 2.53. The van der Waals surface area contributed by atoms with Gasteiger partial charge in [0.15, 0.2) is 5.78 Å². The van der Waals surface area contributed by atoms with Crippen LogP contribution >= 0.6 is 0 Å². The lowest BCUT2D eigenvalue weighted by atomic mass is 10.1. The Morgan fingerprint density at radius 1 is 1.82 bits per heavy atom. The van der Waals surface area contributed by atoms with Gasteiger partial charge in [0.1, 0.15) is 0 Å². The number of nitrogens with one attached hydrogen (secondary N) is 1. The number of allylic oxidation sites excluding steroid dienone is 4. The van der Waals surface area contributed by atoms with Gasteiger partial charge in [0.2, 0.25) is 0 Å². The first-order valence-electron chi connectivity index (χ1n) is 3.60. The summed E-state index contributed by atoms with van der Waals surface area (Å²) in [6.07, 6.45) is 8.49. The SMILES string of the molecule is C=CCC(=O)C1=CCC=CN1. The second kappa shape index (κ2) is 3.76. The van der Waals surface area contributed by atoms with E-state index in [2.05, 4.69) is 11.9 Å². The first kappa shape index (κ1) is 7.79. The van der Waals surface area contributed by atoms with Crippen molar-refractivity contribution in [1.82, 2.24) is 5.32 Å². The van der Waals surface area contributed by atoms with Crippen LogP contribution in [0.2, 0.25) is 0 Å². The van der Waals surface area contributed by atoms with Crippen LogP contribution in [0.15, 0.2) is 36.7 Å². The van der Waals surface area contributed by atoms with Gasteiger partial charge in [-0.25, -0.2) is 0 Å². The second-order valence-corrected chi connectivity index (χ2v) is 2.32. The third-order valence-corrected chi connectivity index (χ3v) is 1.44. The molecular formula is C9H11NO. The molecule has 0 aliphatic carbocycles. The number of ketones is 1. The van der Waals surface area contributed by atoms with Crippen LogP contribution in [-0.2, 0) is 4.79 Å². The highest BCUT2D eigenvalue weighted by atomic mass is 16.1. The molecule has 0 fully saturated rings. The van der Waals surface area contributed by atoms with Gasteiger partial charge in [-0.3, -0.25) is 4.79 Å². The second-order valence-electron chi connectivity index (χ2n) is 2.32. The van der Waals surface area contributed by atoms with Crippen molar-refractivity contribution < 1.29 is 4.79 Å². The first-order chi connectivity index (χ1) is 5.34. The third-order valence-electron chi connectivity index (χ3n) is 1.44. The highest BCUT2D eigenvalue weighted by molar-refractivity contribution is 5.95. The fourth-order valence-electron chi connectivity index (χ4n) is 0.897. The molecule has 2 heteroatoms. The summed E-state index contributed by atoms with van der Waals surface area (Å²) in [6, 6.07) is 0. The summed E-state index contributed by atoms with van der Waals surface area (Å²) in [5.74, 6) is 0.101. The summed E-state index contributed by atoms with van der Waals surface area (Å²) >= 11 is 0. The van der Waals surface area contributed by atoms with Crippen LogP contribution < -0.4 is 5.32 Å². The number of dihydropyridines is 1. The first-order valence-corrected chi connectivity index (χ1v) is 3.60. The predicted octanol–water partition coefficient (Wildman–Crippen LogP) is 1.52. The Kier molecular flexibility index (Phi) is 2.66. The average Bonchev–Trinajstić information content (AvgIpc) is 2.07. The molecule has 1 heterocycles. The Hall–Kier alpha value is -1.31. The van der Waals surface area contributed by atoms with E-state index in [0.29, 0.717) is 12.1 Å². The van der Waals surface area contributed by atoms with E-state index in [9.17, 15) is 4.79 Å². The minimum absolute atomic E-state index is 0.101. The molecule has 0 bridgehead atoms. The van der Waals surface area contributed by atoms with Crippen LogP contribution in [0.1, 0.15) is 12.8 Å². The van der Waals surface area contributed by atoms with Crippen molar-refractivity contribution in [3.63, 3.8) is 0 Å². The zero-order valence-corrected chi connectivity index (χ0v) is 6.34. The van der Waals surface area contributed by atoms with Crippen LogP contribution in [-0.4, -0.2) is 5.78 Å². The summed E-state index contributed by atoms with van der Waals surface area (Å²) in [5.41, 5.74) is 0.687. The van der Waals surface area contributed by atoms with Gasteiger partial charge in [-0.05, 0) is 12.6 Å². The molecule has 11 heavy (non-hydrogen) atoms. The highest BCUT2D eigenvalue weighted by Crippen LogP contribution is 2.03. The lowest BCUT2D eigenvalue weighted by Gasteiger charge is -2.07. The molecule has 0 aromatic carbocycles. The monoisotopic (exact) mass is 149 g/mol. The number of carbonyl (C=O) groups excluding carboxylic acids is 1. The van der Waals surface area contributed by atoms with E-state index in [1.165, 1.54) is 0 Å². The molecule has 0 saturated heterocycles. The van der Waals surface area contributed by atoms with Crippen molar-refractivity contribution in [2.45, 2.75) is 12.8 Å². The van der Waals surface area contributed by atoms with E-state index in [1.54, 1.807) is 12.3 Å². The van der Waals surface area contributed by atoms with E-state index in [-0.39, 0.29) is 5.78 Å². The Labute approximate surface area is 66.3 Å². The molecule has 0 amide bonds. The van der Waals surface area contributed by atoms with E-state index >= 15 is 0 Å². The van der Waals surface area contributed by atoms with Crippen molar-refractivity contribution >= 4 is 5.78 Å². The maximum absolute atomic E-state index is 11.2. The number of hydrogen-bond donors (Lipinski definition) is 1. The number of hydrogen-bond acceptors (Lipinski definition) is 2. The van der Waals surface area contributed by atoms with E-state index < -0.39 is 0 Å². The van der Waals surface area contributed by atoms with Gasteiger partial charge in [0.05, 0.1) is 5.70 Å². The Bertz CT molecular complexity index is 226. The number of rotatable bonds is 3.